The van der Waals surface area contributed by atoms with Crippen molar-refractivity contribution in [3.63, 3.8) is 0 Å². The molecule has 1 heterocycles. The van der Waals surface area contributed by atoms with Crippen LogP contribution in [0, 0.1) is 0 Å². The summed E-state index contributed by atoms with van der Waals surface area (Å²) in [6, 6.07) is 7.78. The summed E-state index contributed by atoms with van der Waals surface area (Å²) in [6.07, 6.45) is 1.85. The first-order valence-electron chi connectivity index (χ1n) is 4.72. The van der Waals surface area contributed by atoms with E-state index in [9.17, 15) is 0 Å². The van der Waals surface area contributed by atoms with Gasteiger partial charge in [0.25, 0.3) is 0 Å². The molecular formula is C11H10Br2N2O. The van der Waals surface area contributed by atoms with Crippen molar-refractivity contribution in [1.29, 1.82) is 0 Å². The average molecular weight is 346 g/mol. The molecule has 0 unspecified atom stereocenters. The van der Waals surface area contributed by atoms with Crippen LogP contribution in [-0.4, -0.2) is 9.78 Å². The molecule has 0 bridgehead atoms. The van der Waals surface area contributed by atoms with Crippen molar-refractivity contribution in [2.45, 2.75) is 6.61 Å². The number of rotatable bonds is 3. The van der Waals surface area contributed by atoms with Gasteiger partial charge in [-0.05, 0) is 12.1 Å². The van der Waals surface area contributed by atoms with Crippen LogP contribution in [-0.2, 0) is 13.7 Å². The van der Waals surface area contributed by atoms with Crippen molar-refractivity contribution >= 4 is 31.9 Å². The van der Waals surface area contributed by atoms with Crippen LogP contribution in [0.2, 0.25) is 0 Å². The predicted octanol–water partition coefficient (Wildman–Crippen LogP) is 3.52. The molecule has 16 heavy (non-hydrogen) atoms. The zero-order valence-electron chi connectivity index (χ0n) is 8.65. The number of aromatic nitrogens is 2. The fraction of sp³-hybridized carbons (Fsp3) is 0.182. The summed E-state index contributed by atoms with van der Waals surface area (Å²) in [5.74, 6) is 0.630. The Labute approximate surface area is 111 Å². The smallest absolute Gasteiger partial charge is 0.233 e. The summed E-state index contributed by atoms with van der Waals surface area (Å²) in [5.41, 5.74) is 1.08. The van der Waals surface area contributed by atoms with Crippen LogP contribution >= 0.6 is 31.9 Å². The Balaban J connectivity index is 2.10. The first-order chi connectivity index (χ1) is 7.66. The zero-order chi connectivity index (χ0) is 11.5. The third-order valence-corrected chi connectivity index (χ3v) is 3.60. The van der Waals surface area contributed by atoms with Gasteiger partial charge >= 0.3 is 0 Å². The molecule has 1 aromatic carbocycles. The maximum absolute atomic E-state index is 5.58. The number of halogens is 2. The van der Waals surface area contributed by atoms with E-state index in [2.05, 4.69) is 37.0 Å². The van der Waals surface area contributed by atoms with E-state index in [-0.39, 0.29) is 0 Å². The normalized spacial score (nSPS) is 10.4. The lowest BCUT2D eigenvalue weighted by Crippen LogP contribution is -1.98. The number of hydrogen-bond donors (Lipinski definition) is 0. The molecule has 0 saturated heterocycles. The fourth-order valence-corrected chi connectivity index (χ4v) is 2.51. The Morgan fingerprint density at radius 3 is 2.50 bits per heavy atom. The fourth-order valence-electron chi connectivity index (χ4n) is 1.29. The molecule has 0 aliphatic rings. The summed E-state index contributed by atoms with van der Waals surface area (Å²) in [6.45, 7) is 0.485. The quantitative estimate of drug-likeness (QED) is 0.850. The highest BCUT2D eigenvalue weighted by Crippen LogP contribution is 2.26. The topological polar surface area (TPSA) is 27.1 Å². The van der Waals surface area contributed by atoms with Gasteiger partial charge in [0.15, 0.2) is 0 Å². The average Bonchev–Trinajstić information content (AvgIpc) is 2.63. The maximum atomic E-state index is 5.58. The molecule has 2 rings (SSSR count). The molecule has 0 aliphatic heterocycles. The van der Waals surface area contributed by atoms with E-state index in [4.69, 9.17) is 4.74 Å². The van der Waals surface area contributed by atoms with E-state index in [0.29, 0.717) is 12.5 Å². The van der Waals surface area contributed by atoms with Crippen LogP contribution in [0.4, 0.5) is 0 Å². The van der Waals surface area contributed by atoms with Gasteiger partial charge < -0.3 is 4.74 Å². The molecule has 0 aliphatic carbocycles. The number of aryl methyl sites for hydroxylation is 1. The second kappa shape index (κ2) is 5.01. The zero-order valence-corrected chi connectivity index (χ0v) is 11.8. The van der Waals surface area contributed by atoms with E-state index < -0.39 is 0 Å². The van der Waals surface area contributed by atoms with Gasteiger partial charge in [0, 0.05) is 33.8 Å². The first kappa shape index (κ1) is 11.7. The lowest BCUT2D eigenvalue weighted by Gasteiger charge is -2.07. The van der Waals surface area contributed by atoms with E-state index in [1.165, 1.54) is 0 Å². The number of hydrogen-bond acceptors (Lipinski definition) is 2. The lowest BCUT2D eigenvalue weighted by atomic mass is 10.2. The summed E-state index contributed by atoms with van der Waals surface area (Å²) in [7, 11) is 1.86. The minimum Gasteiger partial charge on any atom is -0.472 e. The van der Waals surface area contributed by atoms with Gasteiger partial charge in [-0.25, -0.2) is 0 Å². The van der Waals surface area contributed by atoms with E-state index in [0.717, 1.165) is 14.5 Å². The minimum atomic E-state index is 0.485. The van der Waals surface area contributed by atoms with Crippen molar-refractivity contribution < 1.29 is 4.74 Å². The molecular weight excluding hydrogens is 336 g/mol. The van der Waals surface area contributed by atoms with Gasteiger partial charge in [0.2, 0.25) is 5.88 Å². The minimum absolute atomic E-state index is 0.485. The second-order valence-corrected chi connectivity index (χ2v) is 5.03. The van der Waals surface area contributed by atoms with Gasteiger partial charge in [-0.15, -0.1) is 5.10 Å². The Kier molecular flexibility index (Phi) is 3.66. The largest absolute Gasteiger partial charge is 0.472 e. The number of ether oxygens (including phenoxy) is 1. The summed E-state index contributed by atoms with van der Waals surface area (Å²) < 4.78 is 9.35. The molecule has 0 N–H and O–H groups in total. The van der Waals surface area contributed by atoms with Crippen molar-refractivity contribution in [3.8, 4) is 5.88 Å². The van der Waals surface area contributed by atoms with Gasteiger partial charge in [-0.1, -0.05) is 37.9 Å². The highest BCUT2D eigenvalue weighted by atomic mass is 79.9. The van der Waals surface area contributed by atoms with Crippen LogP contribution in [0.15, 0.2) is 39.4 Å². The molecule has 0 amide bonds. The van der Waals surface area contributed by atoms with Gasteiger partial charge in [-0.3, -0.25) is 4.68 Å². The van der Waals surface area contributed by atoms with E-state index in [1.807, 2.05) is 37.5 Å². The van der Waals surface area contributed by atoms with Crippen LogP contribution in [0.1, 0.15) is 5.56 Å². The third-order valence-electron chi connectivity index (χ3n) is 2.12. The van der Waals surface area contributed by atoms with Crippen molar-refractivity contribution in [1.82, 2.24) is 9.78 Å². The Morgan fingerprint density at radius 1 is 1.25 bits per heavy atom. The van der Waals surface area contributed by atoms with Crippen LogP contribution < -0.4 is 4.74 Å². The monoisotopic (exact) mass is 344 g/mol. The van der Waals surface area contributed by atoms with Crippen LogP contribution in [0.5, 0.6) is 5.88 Å². The molecule has 0 radical (unpaired) electrons. The third kappa shape index (κ3) is 2.65. The first-order valence-corrected chi connectivity index (χ1v) is 6.31. The molecule has 3 nitrogen and oxygen atoms in total. The van der Waals surface area contributed by atoms with Crippen molar-refractivity contribution in [2.24, 2.45) is 7.05 Å². The SMILES string of the molecule is Cn1ccc(OCc2c(Br)cccc2Br)n1. The van der Waals surface area contributed by atoms with Crippen molar-refractivity contribution in [3.05, 3.63) is 45.0 Å². The molecule has 0 fully saturated rings. The molecule has 5 heteroatoms. The second-order valence-electron chi connectivity index (χ2n) is 3.32. The highest BCUT2D eigenvalue weighted by Gasteiger charge is 2.06. The molecule has 84 valence electrons. The summed E-state index contributed by atoms with van der Waals surface area (Å²) >= 11 is 6.98. The van der Waals surface area contributed by atoms with Crippen molar-refractivity contribution in [2.75, 3.05) is 0 Å². The Hall–Kier alpha value is -0.810. The molecule has 0 spiro atoms. The molecule has 0 atom stereocenters. The maximum Gasteiger partial charge on any atom is 0.233 e. The standard InChI is InChI=1S/C11H10Br2N2O/c1-15-6-5-11(14-15)16-7-8-9(12)3-2-4-10(8)13/h2-6H,7H2,1H3. The molecule has 2 aromatic rings. The Morgan fingerprint density at radius 2 is 1.94 bits per heavy atom. The lowest BCUT2D eigenvalue weighted by molar-refractivity contribution is 0.289. The number of nitrogens with zero attached hydrogens (tertiary/aromatic N) is 2. The van der Waals surface area contributed by atoms with Crippen LogP contribution in [0.3, 0.4) is 0 Å². The number of benzene rings is 1. The van der Waals surface area contributed by atoms with E-state index in [1.54, 1.807) is 4.68 Å². The summed E-state index contributed by atoms with van der Waals surface area (Å²) in [5, 5.41) is 4.15. The van der Waals surface area contributed by atoms with Gasteiger partial charge in [0.1, 0.15) is 6.61 Å². The van der Waals surface area contributed by atoms with Gasteiger partial charge in [0.05, 0.1) is 0 Å². The van der Waals surface area contributed by atoms with E-state index >= 15 is 0 Å². The Bertz CT molecular complexity index is 476. The highest BCUT2D eigenvalue weighted by molar-refractivity contribution is 9.11. The summed E-state index contributed by atoms with van der Waals surface area (Å²) in [4.78, 5) is 0. The predicted molar refractivity (Wildman–Crippen MR) is 69.4 cm³/mol. The molecule has 0 saturated carbocycles. The van der Waals surface area contributed by atoms with Gasteiger partial charge in [-0.2, -0.15) is 0 Å². The van der Waals surface area contributed by atoms with Crippen LogP contribution in [0.25, 0.3) is 0 Å². The molecule has 1 aromatic heterocycles.